The molecule has 10 heteroatoms. The SMILES string of the molecule is O=C(Oc1ccc([N+](=O)[O-])cc1)N(Cc1ccccc1)Cc1c[nH]c(=O)[nH]c1=O. The molecule has 0 fully saturated rings. The predicted octanol–water partition coefficient (Wildman–Crippen LogP) is 2.17. The van der Waals surface area contributed by atoms with E-state index in [0.717, 1.165) is 5.56 Å². The molecule has 1 amide bonds. The number of nitrogens with zero attached hydrogens (tertiary/aromatic N) is 2. The van der Waals surface area contributed by atoms with Crippen LogP contribution in [0, 0.1) is 10.1 Å². The zero-order valence-corrected chi connectivity index (χ0v) is 15.0. The molecule has 0 radical (unpaired) electrons. The average molecular weight is 396 g/mol. The van der Waals surface area contributed by atoms with E-state index in [1.54, 1.807) is 0 Å². The van der Waals surface area contributed by atoms with E-state index in [0.29, 0.717) is 0 Å². The van der Waals surface area contributed by atoms with Crippen LogP contribution in [0.5, 0.6) is 5.75 Å². The van der Waals surface area contributed by atoms with Crippen LogP contribution in [0.2, 0.25) is 0 Å². The van der Waals surface area contributed by atoms with Gasteiger partial charge in [-0.3, -0.25) is 24.8 Å². The predicted molar refractivity (Wildman–Crippen MR) is 102 cm³/mol. The van der Waals surface area contributed by atoms with E-state index in [4.69, 9.17) is 4.74 Å². The van der Waals surface area contributed by atoms with Crippen LogP contribution in [0.25, 0.3) is 0 Å². The van der Waals surface area contributed by atoms with Crippen molar-refractivity contribution in [3.05, 3.63) is 103 Å². The number of H-pyrrole nitrogens is 2. The van der Waals surface area contributed by atoms with Crippen molar-refractivity contribution in [2.24, 2.45) is 0 Å². The molecule has 0 bridgehead atoms. The molecule has 10 nitrogen and oxygen atoms in total. The number of benzene rings is 2. The Labute approximate surface area is 163 Å². The Hall–Kier alpha value is -4.21. The lowest BCUT2D eigenvalue weighted by Crippen LogP contribution is -2.36. The lowest BCUT2D eigenvalue weighted by molar-refractivity contribution is -0.384. The molecule has 0 aliphatic heterocycles. The minimum Gasteiger partial charge on any atom is -0.410 e. The van der Waals surface area contributed by atoms with Crippen LogP contribution in [0.1, 0.15) is 11.1 Å². The summed E-state index contributed by atoms with van der Waals surface area (Å²) in [6, 6.07) is 14.1. The van der Waals surface area contributed by atoms with Gasteiger partial charge in [-0.15, -0.1) is 0 Å². The summed E-state index contributed by atoms with van der Waals surface area (Å²) in [5.74, 6) is 0.119. The van der Waals surface area contributed by atoms with E-state index in [1.807, 2.05) is 30.3 Å². The maximum atomic E-state index is 12.7. The number of amides is 1. The van der Waals surface area contributed by atoms with Crippen LogP contribution in [-0.4, -0.2) is 25.9 Å². The van der Waals surface area contributed by atoms with Crippen LogP contribution in [-0.2, 0) is 13.1 Å². The van der Waals surface area contributed by atoms with Crippen molar-refractivity contribution in [1.29, 1.82) is 0 Å². The molecule has 0 atom stereocenters. The fourth-order valence-electron chi connectivity index (χ4n) is 2.55. The summed E-state index contributed by atoms with van der Waals surface area (Å²) in [6.07, 6.45) is 0.478. The van der Waals surface area contributed by atoms with E-state index < -0.39 is 22.3 Å². The van der Waals surface area contributed by atoms with Gasteiger partial charge in [-0.05, 0) is 17.7 Å². The molecule has 1 aromatic heterocycles. The maximum Gasteiger partial charge on any atom is 0.415 e. The summed E-state index contributed by atoms with van der Waals surface area (Å²) in [4.78, 5) is 51.8. The third-order valence-corrected chi connectivity index (χ3v) is 3.98. The molecule has 29 heavy (non-hydrogen) atoms. The standard InChI is InChI=1S/C19H16N4O6/c24-17-14(10-20-18(25)21-17)12-22(11-13-4-2-1-3-5-13)19(26)29-16-8-6-15(7-9-16)23(27)28/h1-10H,11-12H2,(H2,20,21,24,25). The molecule has 148 valence electrons. The minimum absolute atomic E-state index is 0.118. The van der Waals surface area contributed by atoms with Gasteiger partial charge < -0.3 is 9.72 Å². The lowest BCUT2D eigenvalue weighted by atomic mass is 10.2. The van der Waals surface area contributed by atoms with Gasteiger partial charge in [-0.25, -0.2) is 9.59 Å². The van der Waals surface area contributed by atoms with Gasteiger partial charge in [0.15, 0.2) is 0 Å². The molecular formula is C19H16N4O6. The van der Waals surface area contributed by atoms with Gasteiger partial charge in [0, 0.05) is 24.9 Å². The number of nitrogens with one attached hydrogen (secondary N) is 2. The molecule has 0 aliphatic rings. The molecule has 0 saturated heterocycles. The molecule has 2 aromatic carbocycles. The van der Waals surface area contributed by atoms with Crippen molar-refractivity contribution in [1.82, 2.24) is 14.9 Å². The van der Waals surface area contributed by atoms with E-state index in [1.165, 1.54) is 35.4 Å². The number of non-ortho nitro benzene ring substituents is 1. The highest BCUT2D eigenvalue weighted by atomic mass is 16.6. The Morgan fingerprint density at radius 1 is 1.03 bits per heavy atom. The van der Waals surface area contributed by atoms with Gasteiger partial charge >= 0.3 is 11.8 Å². The summed E-state index contributed by atoms with van der Waals surface area (Å²) >= 11 is 0. The van der Waals surface area contributed by atoms with E-state index in [2.05, 4.69) is 9.97 Å². The number of rotatable bonds is 6. The summed E-state index contributed by atoms with van der Waals surface area (Å²) in [5.41, 5.74) is -0.433. The van der Waals surface area contributed by atoms with Crippen LogP contribution in [0.15, 0.2) is 70.4 Å². The summed E-state index contributed by atoms with van der Waals surface area (Å²) < 4.78 is 5.30. The third kappa shape index (κ3) is 5.16. The zero-order valence-electron chi connectivity index (χ0n) is 15.0. The monoisotopic (exact) mass is 396 g/mol. The molecule has 1 heterocycles. The highest BCUT2D eigenvalue weighted by Gasteiger charge is 2.19. The summed E-state index contributed by atoms with van der Waals surface area (Å²) in [6.45, 7) is 0.0258. The zero-order chi connectivity index (χ0) is 20.8. The Morgan fingerprint density at radius 3 is 2.34 bits per heavy atom. The minimum atomic E-state index is -0.756. The van der Waals surface area contributed by atoms with Gasteiger partial charge in [0.2, 0.25) is 0 Å². The van der Waals surface area contributed by atoms with Gasteiger partial charge in [-0.1, -0.05) is 30.3 Å². The second kappa shape index (κ2) is 8.65. The van der Waals surface area contributed by atoms with Gasteiger partial charge in [0.25, 0.3) is 11.2 Å². The molecule has 3 aromatic rings. The highest BCUT2D eigenvalue weighted by molar-refractivity contribution is 5.70. The van der Waals surface area contributed by atoms with Crippen molar-refractivity contribution in [3.8, 4) is 5.75 Å². The highest BCUT2D eigenvalue weighted by Crippen LogP contribution is 2.19. The number of aromatic nitrogens is 2. The largest absolute Gasteiger partial charge is 0.415 e. The Balaban J connectivity index is 1.82. The first-order valence-corrected chi connectivity index (χ1v) is 8.48. The van der Waals surface area contributed by atoms with E-state index in [-0.39, 0.29) is 30.1 Å². The smallest absolute Gasteiger partial charge is 0.410 e. The first kappa shape index (κ1) is 19.5. The lowest BCUT2D eigenvalue weighted by Gasteiger charge is -2.22. The van der Waals surface area contributed by atoms with Crippen LogP contribution in [0.3, 0.4) is 0 Å². The van der Waals surface area contributed by atoms with Crippen molar-refractivity contribution in [2.45, 2.75) is 13.1 Å². The van der Waals surface area contributed by atoms with Crippen LogP contribution in [0.4, 0.5) is 10.5 Å². The Kier molecular flexibility index (Phi) is 5.83. The second-order valence-electron chi connectivity index (χ2n) is 6.06. The number of ether oxygens (including phenoxy) is 1. The van der Waals surface area contributed by atoms with Gasteiger partial charge in [-0.2, -0.15) is 0 Å². The van der Waals surface area contributed by atoms with Gasteiger partial charge in [0.1, 0.15) is 5.75 Å². The molecular weight excluding hydrogens is 380 g/mol. The van der Waals surface area contributed by atoms with E-state index >= 15 is 0 Å². The number of carbonyl (C=O) groups excluding carboxylic acids is 1. The second-order valence-corrected chi connectivity index (χ2v) is 6.06. The molecule has 0 unspecified atom stereocenters. The van der Waals surface area contributed by atoms with E-state index in [9.17, 15) is 24.5 Å². The molecule has 0 aliphatic carbocycles. The van der Waals surface area contributed by atoms with Crippen LogP contribution < -0.4 is 16.0 Å². The summed E-state index contributed by atoms with van der Waals surface area (Å²) in [5, 5.41) is 10.7. The van der Waals surface area contributed by atoms with Crippen molar-refractivity contribution in [2.75, 3.05) is 0 Å². The fraction of sp³-hybridized carbons (Fsp3) is 0.105. The number of nitro benzene ring substituents is 1. The Morgan fingerprint density at radius 2 is 1.72 bits per heavy atom. The number of hydrogen-bond acceptors (Lipinski definition) is 6. The van der Waals surface area contributed by atoms with Crippen molar-refractivity contribution in [3.63, 3.8) is 0 Å². The first-order valence-electron chi connectivity index (χ1n) is 8.48. The number of carbonyl (C=O) groups is 1. The molecule has 2 N–H and O–H groups in total. The van der Waals surface area contributed by atoms with Crippen LogP contribution >= 0.6 is 0 Å². The average Bonchev–Trinajstić information content (AvgIpc) is 2.70. The summed E-state index contributed by atoms with van der Waals surface area (Å²) in [7, 11) is 0. The third-order valence-electron chi connectivity index (χ3n) is 3.98. The topological polar surface area (TPSA) is 138 Å². The quantitative estimate of drug-likeness (QED) is 0.484. The molecule has 0 saturated carbocycles. The number of aromatic amines is 2. The fourth-order valence-corrected chi connectivity index (χ4v) is 2.55. The first-order chi connectivity index (χ1) is 13.9. The molecule has 3 rings (SSSR count). The Bertz CT molecular complexity index is 1120. The van der Waals surface area contributed by atoms with Crippen molar-refractivity contribution >= 4 is 11.8 Å². The van der Waals surface area contributed by atoms with Crippen molar-refractivity contribution < 1.29 is 14.5 Å². The number of hydrogen-bond donors (Lipinski definition) is 2. The number of nitro groups is 1. The maximum absolute atomic E-state index is 12.7. The van der Waals surface area contributed by atoms with Gasteiger partial charge in [0.05, 0.1) is 17.0 Å². The molecule has 0 spiro atoms. The normalized spacial score (nSPS) is 10.3.